The van der Waals surface area contributed by atoms with Gasteiger partial charge in [0.05, 0.1) is 12.6 Å². The molecule has 0 atom stereocenters. The van der Waals surface area contributed by atoms with Crippen LogP contribution in [0, 0.1) is 6.92 Å². The van der Waals surface area contributed by atoms with Crippen molar-refractivity contribution in [2.45, 2.75) is 6.92 Å². The molecule has 9 aromatic carbocycles. The minimum absolute atomic E-state index is 1.13. The van der Waals surface area contributed by atoms with Crippen LogP contribution in [0.15, 0.2) is 188 Å². The van der Waals surface area contributed by atoms with Gasteiger partial charge >= 0.3 is 0 Å². The summed E-state index contributed by atoms with van der Waals surface area (Å²) in [7, 11) is 2.19. The molecule has 53 heavy (non-hydrogen) atoms. The Hall–Kier alpha value is -6.77. The van der Waals surface area contributed by atoms with Gasteiger partial charge in [0.25, 0.3) is 5.82 Å². The van der Waals surface area contributed by atoms with Crippen molar-refractivity contribution in [2.24, 2.45) is 7.05 Å². The Balaban J connectivity index is 1.40. The SMILES string of the molecule is Cc1ccccc1-c1n(-c2cc3cc(c2)c2cccc(c2)c2cccc(c2)c2cccc(c2)c2cccc(c2)c2cccc3c2)c2ccccc2[n+]1C. The van der Waals surface area contributed by atoms with Crippen LogP contribution in [0.1, 0.15) is 5.56 Å². The fourth-order valence-electron chi connectivity index (χ4n) is 8.17. The van der Waals surface area contributed by atoms with E-state index >= 15 is 0 Å². The predicted octanol–water partition coefficient (Wildman–Crippen LogP) is 13.0. The van der Waals surface area contributed by atoms with Crippen LogP contribution in [-0.2, 0) is 7.05 Å². The smallest absolute Gasteiger partial charge is 0.225 e. The molecule has 12 bridgehead atoms. The number of aromatic nitrogens is 2. The third kappa shape index (κ3) is 5.39. The molecule has 250 valence electrons. The van der Waals surface area contributed by atoms with Crippen LogP contribution in [-0.4, -0.2) is 4.57 Å². The highest BCUT2D eigenvalue weighted by atomic mass is 15.2. The highest BCUT2D eigenvalue weighted by Gasteiger charge is 2.27. The minimum Gasteiger partial charge on any atom is -0.225 e. The second-order valence-corrected chi connectivity index (χ2v) is 14.2. The van der Waals surface area contributed by atoms with Crippen LogP contribution in [0.25, 0.3) is 92.7 Å². The lowest BCUT2D eigenvalue weighted by Gasteiger charge is -2.08. The van der Waals surface area contributed by atoms with Gasteiger partial charge in [0.1, 0.15) is 5.69 Å². The van der Waals surface area contributed by atoms with Crippen molar-refractivity contribution >= 4 is 75.7 Å². The zero-order valence-electron chi connectivity index (χ0n) is 29.8. The first-order valence-corrected chi connectivity index (χ1v) is 18.3. The highest BCUT2D eigenvalue weighted by Crippen LogP contribution is 2.33. The average Bonchev–Trinajstić information content (AvgIpc) is 3.52. The largest absolute Gasteiger partial charge is 0.295 e. The molecular formula is C51H37N2+. The number of hydrogen-bond acceptors (Lipinski definition) is 0. The van der Waals surface area contributed by atoms with Gasteiger partial charge in [-0.3, -0.25) is 0 Å². The standard InChI is InChI=1S/C51H37N2/c1-34-12-3-4-23-48(34)51-52(2)49-24-5-6-25-50(49)53(51)47-32-45-31-46(33-47)44-22-11-20-42(30-44)40-18-9-16-38(28-40)36-14-7-13-35(26-36)37-15-8-17-39(27-37)41-19-10-21-43(45)29-41/h3-33H,1-2H3/q+1. The molecule has 0 saturated heterocycles. The predicted molar refractivity (Wildman–Crippen MR) is 226 cm³/mol. The van der Waals surface area contributed by atoms with E-state index in [9.17, 15) is 0 Å². The first-order chi connectivity index (χ1) is 26.1. The van der Waals surface area contributed by atoms with Crippen LogP contribution in [0.3, 0.4) is 0 Å². The number of para-hydroxylation sites is 2. The molecule has 10 aromatic rings. The number of nitrogens with zero attached hydrogens (tertiary/aromatic N) is 2. The Labute approximate surface area is 308 Å². The van der Waals surface area contributed by atoms with Crippen LogP contribution >= 0.6 is 0 Å². The van der Waals surface area contributed by atoms with Crippen molar-refractivity contribution in [1.82, 2.24) is 4.57 Å². The van der Waals surface area contributed by atoms with Gasteiger partial charge in [-0.25, -0.2) is 4.57 Å². The molecule has 0 fully saturated rings. The molecule has 0 amide bonds. The zero-order chi connectivity index (χ0) is 35.5. The molecule has 0 aliphatic rings. The van der Waals surface area contributed by atoms with E-state index < -0.39 is 0 Å². The third-order valence-corrected chi connectivity index (χ3v) is 10.9. The maximum absolute atomic E-state index is 2.45. The molecule has 0 unspecified atom stereocenters. The van der Waals surface area contributed by atoms with E-state index in [1.807, 2.05) is 0 Å². The summed E-state index contributed by atoms with van der Waals surface area (Å²) in [4.78, 5) is 0. The number of benzene rings is 8. The molecule has 0 aliphatic carbocycles. The lowest BCUT2D eigenvalue weighted by atomic mass is 10.0. The van der Waals surface area contributed by atoms with Crippen LogP contribution in [0.2, 0.25) is 0 Å². The summed E-state index contributed by atoms with van der Waals surface area (Å²) < 4.78 is 4.79. The number of fused-ring (bicyclic) bond motifs is 19. The second kappa shape index (κ2) is 12.5. The maximum atomic E-state index is 2.45. The van der Waals surface area contributed by atoms with E-state index in [0.717, 1.165) is 11.5 Å². The second-order valence-electron chi connectivity index (χ2n) is 14.2. The maximum Gasteiger partial charge on any atom is 0.295 e. The summed E-state index contributed by atoms with van der Waals surface area (Å²) in [6.07, 6.45) is 0. The molecule has 10 rings (SSSR count). The average molecular weight is 678 g/mol. The Morgan fingerprint density at radius 2 is 0.717 bits per heavy atom. The number of rotatable bonds is 2. The van der Waals surface area contributed by atoms with E-state index in [2.05, 4.69) is 211 Å². The van der Waals surface area contributed by atoms with E-state index in [-0.39, 0.29) is 0 Å². The van der Waals surface area contributed by atoms with Gasteiger partial charge in [0, 0.05) is 0 Å². The van der Waals surface area contributed by atoms with Crippen molar-refractivity contribution in [3.8, 4) is 17.1 Å². The summed E-state index contributed by atoms with van der Waals surface area (Å²) in [6.45, 7) is 2.20. The summed E-state index contributed by atoms with van der Waals surface area (Å²) in [5.41, 5.74) is 5.94. The van der Waals surface area contributed by atoms with Crippen molar-refractivity contribution in [3.05, 3.63) is 194 Å². The van der Waals surface area contributed by atoms with Crippen molar-refractivity contribution < 1.29 is 4.57 Å². The molecule has 0 saturated carbocycles. The molecule has 0 N–H and O–H groups in total. The van der Waals surface area contributed by atoms with Crippen LogP contribution in [0.4, 0.5) is 0 Å². The molecular weight excluding hydrogens is 641 g/mol. The number of imidazole rings is 1. The van der Waals surface area contributed by atoms with E-state index in [1.54, 1.807) is 0 Å². The quantitative estimate of drug-likeness (QED) is 0.161. The topological polar surface area (TPSA) is 8.81 Å². The Kier molecular flexibility index (Phi) is 7.30. The Morgan fingerprint density at radius 3 is 1.15 bits per heavy atom. The lowest BCUT2D eigenvalue weighted by Crippen LogP contribution is -2.30. The molecule has 2 nitrogen and oxygen atoms in total. The van der Waals surface area contributed by atoms with Gasteiger partial charge in [0.2, 0.25) is 0 Å². The van der Waals surface area contributed by atoms with Gasteiger partial charge < -0.3 is 0 Å². The van der Waals surface area contributed by atoms with Crippen LogP contribution < -0.4 is 4.57 Å². The molecule has 1 heterocycles. The van der Waals surface area contributed by atoms with Gasteiger partial charge in [-0.2, -0.15) is 4.57 Å². The fraction of sp³-hybridized carbons (Fsp3) is 0.0392. The van der Waals surface area contributed by atoms with Crippen LogP contribution in [0.5, 0.6) is 0 Å². The molecule has 0 spiro atoms. The molecule has 2 heteroatoms. The third-order valence-electron chi connectivity index (χ3n) is 10.9. The number of hydrogen-bond donors (Lipinski definition) is 0. The summed E-state index contributed by atoms with van der Waals surface area (Å²) >= 11 is 0. The molecule has 1 aromatic heterocycles. The first-order valence-electron chi connectivity index (χ1n) is 18.3. The first kappa shape index (κ1) is 31.0. The number of aryl methyl sites for hydroxylation is 2. The zero-order valence-corrected chi connectivity index (χ0v) is 29.8. The van der Waals surface area contributed by atoms with Crippen molar-refractivity contribution in [3.63, 3.8) is 0 Å². The van der Waals surface area contributed by atoms with Gasteiger partial charge in [0.15, 0.2) is 11.0 Å². The van der Waals surface area contributed by atoms with Gasteiger partial charge in [-0.05, 0) is 144 Å². The highest BCUT2D eigenvalue weighted by molar-refractivity contribution is 6.02. The summed E-state index contributed by atoms with van der Waals surface area (Å²) in [5.74, 6) is 1.15. The Bertz CT molecular complexity index is 3060. The Morgan fingerprint density at radius 1 is 0.358 bits per heavy atom. The lowest BCUT2D eigenvalue weighted by molar-refractivity contribution is -0.633. The minimum atomic E-state index is 1.13. The fourth-order valence-corrected chi connectivity index (χ4v) is 8.17. The normalized spacial score (nSPS) is 11.6. The molecule has 0 radical (unpaired) electrons. The molecule has 0 aliphatic heterocycles. The monoisotopic (exact) mass is 677 g/mol. The summed E-state index contributed by atoms with van der Waals surface area (Å²) in [5, 5.41) is 14.3. The van der Waals surface area contributed by atoms with Gasteiger partial charge in [-0.15, -0.1) is 0 Å². The summed E-state index contributed by atoms with van der Waals surface area (Å²) in [6, 6.07) is 69.4. The van der Waals surface area contributed by atoms with E-state index in [4.69, 9.17) is 0 Å². The van der Waals surface area contributed by atoms with Crippen molar-refractivity contribution in [2.75, 3.05) is 0 Å². The van der Waals surface area contributed by atoms with E-state index in [1.165, 1.54) is 86.8 Å². The van der Waals surface area contributed by atoms with Gasteiger partial charge in [-0.1, -0.05) is 121 Å². The van der Waals surface area contributed by atoms with E-state index in [0.29, 0.717) is 0 Å². The van der Waals surface area contributed by atoms with Crippen molar-refractivity contribution in [1.29, 1.82) is 0 Å².